The van der Waals surface area contributed by atoms with E-state index in [1.807, 2.05) is 0 Å². The van der Waals surface area contributed by atoms with Gasteiger partial charge in [-0.25, -0.2) is 9.89 Å². The van der Waals surface area contributed by atoms with Crippen molar-refractivity contribution in [2.75, 3.05) is 5.75 Å². The zero-order valence-electron chi connectivity index (χ0n) is 9.81. The standard InChI is InChI=1S/C11H9Cl2N3O2S/c1-16-10(18)14-15-11(16)19-5-9(17)6-2-3-7(12)8(13)4-6/h2-4H,5H2,1H3,(H,14,18). The van der Waals surface area contributed by atoms with Gasteiger partial charge >= 0.3 is 5.69 Å². The van der Waals surface area contributed by atoms with E-state index in [1.165, 1.54) is 22.4 Å². The SMILES string of the molecule is Cn1c(SCC(=O)c2ccc(Cl)c(Cl)c2)n[nH]c1=O. The smallest absolute Gasteiger partial charge is 0.293 e. The number of ketones is 1. The fourth-order valence-corrected chi connectivity index (χ4v) is 2.46. The van der Waals surface area contributed by atoms with E-state index in [1.54, 1.807) is 19.2 Å². The van der Waals surface area contributed by atoms with Crippen molar-refractivity contribution in [3.8, 4) is 0 Å². The van der Waals surface area contributed by atoms with Gasteiger partial charge in [0.25, 0.3) is 0 Å². The molecule has 0 radical (unpaired) electrons. The van der Waals surface area contributed by atoms with E-state index in [0.29, 0.717) is 20.8 Å². The number of nitrogens with zero attached hydrogens (tertiary/aromatic N) is 2. The molecule has 0 atom stereocenters. The molecule has 1 aromatic carbocycles. The number of benzene rings is 1. The molecule has 8 heteroatoms. The minimum atomic E-state index is -0.315. The maximum Gasteiger partial charge on any atom is 0.343 e. The summed E-state index contributed by atoms with van der Waals surface area (Å²) >= 11 is 12.8. The lowest BCUT2D eigenvalue weighted by Gasteiger charge is -2.02. The Balaban J connectivity index is 2.07. The second kappa shape index (κ2) is 5.81. The van der Waals surface area contributed by atoms with E-state index in [4.69, 9.17) is 23.2 Å². The summed E-state index contributed by atoms with van der Waals surface area (Å²) in [4.78, 5) is 23.1. The number of H-pyrrole nitrogens is 1. The monoisotopic (exact) mass is 317 g/mol. The number of carbonyl (C=O) groups is 1. The number of nitrogens with one attached hydrogen (secondary N) is 1. The van der Waals surface area contributed by atoms with Crippen molar-refractivity contribution in [1.82, 2.24) is 14.8 Å². The number of rotatable bonds is 4. The highest BCUT2D eigenvalue weighted by Gasteiger charge is 2.11. The van der Waals surface area contributed by atoms with Crippen molar-refractivity contribution in [2.45, 2.75) is 5.16 Å². The fourth-order valence-electron chi connectivity index (χ4n) is 1.34. The lowest BCUT2D eigenvalue weighted by atomic mass is 10.1. The van der Waals surface area contributed by atoms with Crippen LogP contribution in [-0.2, 0) is 7.05 Å². The van der Waals surface area contributed by atoms with Crippen molar-refractivity contribution >= 4 is 40.7 Å². The van der Waals surface area contributed by atoms with Gasteiger partial charge < -0.3 is 0 Å². The van der Waals surface area contributed by atoms with E-state index in [2.05, 4.69) is 10.2 Å². The van der Waals surface area contributed by atoms with E-state index >= 15 is 0 Å². The van der Waals surface area contributed by atoms with Crippen molar-refractivity contribution in [3.05, 3.63) is 44.3 Å². The van der Waals surface area contributed by atoms with Gasteiger partial charge in [-0.15, -0.1) is 5.10 Å². The average Bonchev–Trinajstić information content (AvgIpc) is 2.70. The molecule has 0 saturated carbocycles. The molecule has 2 aromatic rings. The molecular formula is C11H9Cl2N3O2S. The van der Waals surface area contributed by atoms with Crippen LogP contribution in [0.15, 0.2) is 28.2 Å². The lowest BCUT2D eigenvalue weighted by Crippen LogP contribution is -2.13. The lowest BCUT2D eigenvalue weighted by molar-refractivity contribution is 0.102. The quantitative estimate of drug-likeness (QED) is 0.694. The van der Waals surface area contributed by atoms with Crippen LogP contribution in [0, 0.1) is 0 Å². The second-order valence-electron chi connectivity index (χ2n) is 3.71. The molecule has 1 aromatic heterocycles. The fraction of sp³-hybridized carbons (Fsp3) is 0.182. The molecule has 0 saturated heterocycles. The molecule has 0 aliphatic rings. The first-order chi connectivity index (χ1) is 8.99. The molecule has 19 heavy (non-hydrogen) atoms. The van der Waals surface area contributed by atoms with Gasteiger partial charge in [-0.2, -0.15) is 0 Å². The molecule has 100 valence electrons. The normalized spacial score (nSPS) is 10.7. The predicted octanol–water partition coefficient (Wildman–Crippen LogP) is 2.39. The minimum Gasteiger partial charge on any atom is -0.293 e. The molecule has 5 nitrogen and oxygen atoms in total. The highest BCUT2D eigenvalue weighted by molar-refractivity contribution is 7.99. The number of hydrogen-bond donors (Lipinski definition) is 1. The Kier molecular flexibility index (Phi) is 4.34. The van der Waals surface area contributed by atoms with Crippen molar-refractivity contribution in [3.63, 3.8) is 0 Å². The third-order valence-electron chi connectivity index (χ3n) is 2.41. The number of Topliss-reactive ketones (excluding diaryl/α,β-unsaturated/α-hetero) is 1. The van der Waals surface area contributed by atoms with Crippen molar-refractivity contribution < 1.29 is 4.79 Å². The van der Waals surface area contributed by atoms with E-state index in [-0.39, 0.29) is 17.2 Å². The van der Waals surface area contributed by atoms with Gasteiger partial charge in [-0.3, -0.25) is 9.36 Å². The van der Waals surface area contributed by atoms with Crippen LogP contribution in [0.25, 0.3) is 0 Å². The Morgan fingerprint density at radius 3 is 2.74 bits per heavy atom. The molecule has 0 unspecified atom stereocenters. The summed E-state index contributed by atoms with van der Waals surface area (Å²) in [7, 11) is 1.58. The zero-order chi connectivity index (χ0) is 14.0. The predicted molar refractivity (Wildman–Crippen MR) is 75.3 cm³/mol. The molecule has 0 fully saturated rings. The number of halogens is 2. The number of aromatic nitrogens is 3. The van der Waals surface area contributed by atoms with Gasteiger partial charge in [-0.05, 0) is 18.2 Å². The third-order valence-corrected chi connectivity index (χ3v) is 4.18. The summed E-state index contributed by atoms with van der Waals surface area (Å²) in [5.41, 5.74) is 0.159. The van der Waals surface area contributed by atoms with Crippen LogP contribution < -0.4 is 5.69 Å². The zero-order valence-corrected chi connectivity index (χ0v) is 12.1. The molecule has 0 bridgehead atoms. The number of carbonyl (C=O) groups excluding carboxylic acids is 1. The summed E-state index contributed by atoms with van der Waals surface area (Å²) in [5, 5.41) is 7.30. The maximum absolute atomic E-state index is 12.0. The summed E-state index contributed by atoms with van der Waals surface area (Å²) in [5.74, 6) is 0.0508. The number of aromatic amines is 1. The molecule has 0 aliphatic carbocycles. The highest BCUT2D eigenvalue weighted by Crippen LogP contribution is 2.24. The summed E-state index contributed by atoms with van der Waals surface area (Å²) in [6.45, 7) is 0. The van der Waals surface area contributed by atoms with Crippen LogP contribution >= 0.6 is 35.0 Å². The summed E-state index contributed by atoms with van der Waals surface area (Å²) in [6.07, 6.45) is 0. The Bertz CT molecular complexity index is 681. The van der Waals surface area contributed by atoms with Gasteiger partial charge in [0.2, 0.25) is 0 Å². The van der Waals surface area contributed by atoms with Gasteiger partial charge in [-0.1, -0.05) is 35.0 Å². The molecule has 1 heterocycles. The third kappa shape index (κ3) is 3.20. The first-order valence-corrected chi connectivity index (χ1v) is 6.95. The van der Waals surface area contributed by atoms with E-state index in [9.17, 15) is 9.59 Å². The largest absolute Gasteiger partial charge is 0.343 e. The Labute approximate surface area is 122 Å². The molecule has 0 aliphatic heterocycles. The van der Waals surface area contributed by atoms with Crippen LogP contribution in [0.1, 0.15) is 10.4 Å². The number of hydrogen-bond acceptors (Lipinski definition) is 4. The van der Waals surface area contributed by atoms with Gasteiger partial charge in [0, 0.05) is 12.6 Å². The summed E-state index contributed by atoms with van der Waals surface area (Å²) < 4.78 is 1.34. The van der Waals surface area contributed by atoms with Crippen LogP contribution in [0.2, 0.25) is 10.0 Å². The molecule has 0 amide bonds. The van der Waals surface area contributed by atoms with Crippen LogP contribution in [-0.4, -0.2) is 26.3 Å². The molecule has 1 N–H and O–H groups in total. The average molecular weight is 318 g/mol. The van der Waals surface area contributed by atoms with E-state index in [0.717, 1.165) is 0 Å². The van der Waals surface area contributed by atoms with E-state index < -0.39 is 0 Å². The number of thioether (sulfide) groups is 1. The van der Waals surface area contributed by atoms with Gasteiger partial charge in [0.1, 0.15) is 0 Å². The Hall–Kier alpha value is -1.24. The molecular weight excluding hydrogens is 309 g/mol. The summed E-state index contributed by atoms with van der Waals surface area (Å²) in [6, 6.07) is 4.71. The topological polar surface area (TPSA) is 67.8 Å². The van der Waals surface area contributed by atoms with Gasteiger partial charge in [0.15, 0.2) is 10.9 Å². The first kappa shape index (κ1) is 14.2. The van der Waals surface area contributed by atoms with Crippen LogP contribution in [0.3, 0.4) is 0 Å². The van der Waals surface area contributed by atoms with Crippen LogP contribution in [0.5, 0.6) is 0 Å². The van der Waals surface area contributed by atoms with Crippen molar-refractivity contribution in [2.24, 2.45) is 7.05 Å². The van der Waals surface area contributed by atoms with Crippen molar-refractivity contribution in [1.29, 1.82) is 0 Å². The van der Waals surface area contributed by atoms with Crippen LogP contribution in [0.4, 0.5) is 0 Å². The highest BCUT2D eigenvalue weighted by atomic mass is 35.5. The molecule has 2 rings (SSSR count). The second-order valence-corrected chi connectivity index (χ2v) is 5.47. The Morgan fingerprint density at radius 1 is 1.42 bits per heavy atom. The Morgan fingerprint density at radius 2 is 2.16 bits per heavy atom. The maximum atomic E-state index is 12.0. The molecule has 0 spiro atoms. The minimum absolute atomic E-state index is 0.112. The first-order valence-electron chi connectivity index (χ1n) is 5.21. The van der Waals surface area contributed by atoms with Gasteiger partial charge in [0.05, 0.1) is 15.8 Å².